The average Bonchev–Trinajstić information content (AvgIpc) is 2.19. The molecule has 0 unspecified atom stereocenters. The van der Waals surface area contributed by atoms with E-state index in [1.807, 2.05) is 6.92 Å². The van der Waals surface area contributed by atoms with E-state index >= 15 is 0 Å². The maximum absolute atomic E-state index is 11.4. The molecule has 76 valence electrons. The van der Waals surface area contributed by atoms with E-state index in [1.165, 1.54) is 13.1 Å². The van der Waals surface area contributed by atoms with Crippen LogP contribution in [-0.4, -0.2) is 17.9 Å². The Morgan fingerprint density at radius 2 is 2.29 bits per heavy atom. The maximum Gasteiger partial charge on any atom is 0.261 e. The van der Waals surface area contributed by atoms with Crippen molar-refractivity contribution in [3.05, 3.63) is 32.2 Å². The number of amides is 1. The number of aryl methyl sites for hydroxylation is 1. The van der Waals surface area contributed by atoms with Crippen LogP contribution in [0.3, 0.4) is 0 Å². The number of hydrogen-bond acceptors (Lipinski definition) is 2. The van der Waals surface area contributed by atoms with Crippen molar-refractivity contribution in [2.24, 2.45) is 0 Å². The third-order valence-electron chi connectivity index (χ3n) is 1.89. The van der Waals surface area contributed by atoms with E-state index in [2.05, 4.69) is 26.2 Å². The molecule has 0 saturated heterocycles. The number of carbonyl (C=O) groups is 1. The van der Waals surface area contributed by atoms with Gasteiger partial charge in [0, 0.05) is 17.2 Å². The summed E-state index contributed by atoms with van der Waals surface area (Å²) in [5.74, 6) is -0.380. The first-order valence-electron chi connectivity index (χ1n) is 4.24. The lowest BCUT2D eigenvalue weighted by molar-refractivity contribution is 0.0961. The van der Waals surface area contributed by atoms with Gasteiger partial charge < -0.3 is 10.3 Å². The number of hydrogen-bond donors (Lipinski definition) is 2. The molecule has 2 N–H and O–H groups in total. The van der Waals surface area contributed by atoms with Crippen molar-refractivity contribution in [2.45, 2.75) is 13.3 Å². The molecule has 1 amide bonds. The molecule has 0 aliphatic rings. The van der Waals surface area contributed by atoms with Crippen LogP contribution in [0.15, 0.2) is 15.3 Å². The molecule has 0 aromatic carbocycles. The first kappa shape index (κ1) is 11.0. The maximum atomic E-state index is 11.4. The third kappa shape index (κ3) is 2.04. The van der Waals surface area contributed by atoms with E-state index in [-0.39, 0.29) is 17.0 Å². The largest absolute Gasteiger partial charge is 0.355 e. The van der Waals surface area contributed by atoms with Crippen LogP contribution in [0.25, 0.3) is 0 Å². The first-order valence-corrected chi connectivity index (χ1v) is 5.03. The second kappa shape index (κ2) is 4.41. The lowest BCUT2D eigenvalue weighted by Gasteiger charge is -2.03. The van der Waals surface area contributed by atoms with Gasteiger partial charge in [-0.2, -0.15) is 0 Å². The normalized spacial score (nSPS) is 9.93. The van der Waals surface area contributed by atoms with Crippen molar-refractivity contribution in [2.75, 3.05) is 7.05 Å². The van der Waals surface area contributed by atoms with Gasteiger partial charge in [-0.05, 0) is 28.4 Å². The van der Waals surface area contributed by atoms with Crippen LogP contribution < -0.4 is 10.9 Å². The Morgan fingerprint density at radius 1 is 1.64 bits per heavy atom. The fourth-order valence-corrected chi connectivity index (χ4v) is 1.71. The molecular formula is C9H11BrN2O2. The van der Waals surface area contributed by atoms with E-state index in [9.17, 15) is 9.59 Å². The van der Waals surface area contributed by atoms with Crippen molar-refractivity contribution in [1.82, 2.24) is 10.3 Å². The number of aromatic amines is 1. The molecule has 1 aromatic rings. The van der Waals surface area contributed by atoms with Crippen LogP contribution in [0.4, 0.5) is 0 Å². The summed E-state index contributed by atoms with van der Waals surface area (Å²) >= 11 is 3.29. The highest BCUT2D eigenvalue weighted by atomic mass is 79.9. The molecule has 0 atom stereocenters. The van der Waals surface area contributed by atoms with Gasteiger partial charge in [-0.25, -0.2) is 0 Å². The summed E-state index contributed by atoms with van der Waals surface area (Å²) < 4.78 is 0.748. The number of H-pyrrole nitrogens is 1. The Bertz CT molecular complexity index is 412. The predicted octanol–water partition coefficient (Wildman–Crippen LogP) is 1.06. The molecule has 1 rings (SSSR count). The summed E-state index contributed by atoms with van der Waals surface area (Å²) in [5.41, 5.74) is 0.559. The number of halogens is 1. The predicted molar refractivity (Wildman–Crippen MR) is 57.5 cm³/mol. The van der Waals surface area contributed by atoms with E-state index in [4.69, 9.17) is 0 Å². The van der Waals surface area contributed by atoms with Crippen LogP contribution in [0.2, 0.25) is 0 Å². The molecule has 0 aliphatic carbocycles. The summed E-state index contributed by atoms with van der Waals surface area (Å²) in [6.07, 6.45) is 0.712. The smallest absolute Gasteiger partial charge is 0.261 e. The van der Waals surface area contributed by atoms with Gasteiger partial charge in [0.05, 0.1) is 0 Å². The summed E-state index contributed by atoms with van der Waals surface area (Å²) in [6.45, 7) is 1.93. The Kier molecular flexibility index (Phi) is 3.46. The lowest BCUT2D eigenvalue weighted by atomic mass is 10.2. The van der Waals surface area contributed by atoms with E-state index in [0.29, 0.717) is 6.42 Å². The SMILES string of the molecule is CCc1[nH]c(=O)c(C(=O)NC)cc1Br. The zero-order chi connectivity index (χ0) is 10.7. The molecule has 1 aromatic heterocycles. The Balaban J connectivity index is 3.29. The highest BCUT2D eigenvalue weighted by Crippen LogP contribution is 2.14. The van der Waals surface area contributed by atoms with Gasteiger partial charge >= 0.3 is 0 Å². The zero-order valence-corrected chi connectivity index (χ0v) is 9.56. The topological polar surface area (TPSA) is 62.0 Å². The van der Waals surface area contributed by atoms with Gasteiger partial charge in [-0.3, -0.25) is 9.59 Å². The van der Waals surface area contributed by atoms with Crippen molar-refractivity contribution in [1.29, 1.82) is 0 Å². The van der Waals surface area contributed by atoms with Gasteiger partial charge in [0.25, 0.3) is 11.5 Å². The molecule has 1 heterocycles. The molecule has 14 heavy (non-hydrogen) atoms. The molecule has 0 bridgehead atoms. The van der Waals surface area contributed by atoms with Crippen molar-refractivity contribution in [3.63, 3.8) is 0 Å². The summed E-state index contributed by atoms with van der Waals surface area (Å²) in [4.78, 5) is 25.3. The zero-order valence-electron chi connectivity index (χ0n) is 7.98. The number of pyridine rings is 1. The summed E-state index contributed by atoms with van der Waals surface area (Å²) in [7, 11) is 1.49. The van der Waals surface area contributed by atoms with E-state index in [0.717, 1.165) is 10.2 Å². The molecule has 0 radical (unpaired) electrons. The second-order valence-electron chi connectivity index (χ2n) is 2.77. The van der Waals surface area contributed by atoms with Crippen LogP contribution >= 0.6 is 15.9 Å². The van der Waals surface area contributed by atoms with Gasteiger partial charge in [0.1, 0.15) is 5.56 Å². The fourth-order valence-electron chi connectivity index (χ4n) is 1.10. The van der Waals surface area contributed by atoms with Gasteiger partial charge in [0.15, 0.2) is 0 Å². The van der Waals surface area contributed by atoms with Crippen molar-refractivity contribution < 1.29 is 4.79 Å². The number of aromatic nitrogens is 1. The quantitative estimate of drug-likeness (QED) is 0.834. The van der Waals surface area contributed by atoms with Crippen LogP contribution in [0.5, 0.6) is 0 Å². The Labute approximate surface area is 89.9 Å². The highest BCUT2D eigenvalue weighted by Gasteiger charge is 2.11. The third-order valence-corrected chi connectivity index (χ3v) is 2.60. The van der Waals surface area contributed by atoms with Crippen LogP contribution in [0.1, 0.15) is 23.0 Å². The molecule has 4 nitrogen and oxygen atoms in total. The van der Waals surface area contributed by atoms with Crippen LogP contribution in [-0.2, 0) is 6.42 Å². The minimum absolute atomic E-state index is 0.122. The van der Waals surface area contributed by atoms with E-state index in [1.54, 1.807) is 0 Å². The van der Waals surface area contributed by atoms with Crippen molar-refractivity contribution >= 4 is 21.8 Å². The Morgan fingerprint density at radius 3 is 2.79 bits per heavy atom. The first-order chi connectivity index (χ1) is 6.60. The summed E-state index contributed by atoms with van der Waals surface area (Å²) in [6, 6.07) is 1.54. The highest BCUT2D eigenvalue weighted by molar-refractivity contribution is 9.10. The standard InChI is InChI=1S/C9H11BrN2O2/c1-3-7-6(10)4-5(8(13)11-2)9(14)12-7/h4H,3H2,1-2H3,(H,11,13)(H,12,14). The van der Waals surface area contributed by atoms with Gasteiger partial charge in [-0.1, -0.05) is 6.92 Å². The van der Waals surface area contributed by atoms with Gasteiger partial charge in [0.2, 0.25) is 0 Å². The molecule has 0 spiro atoms. The molecular weight excluding hydrogens is 248 g/mol. The lowest BCUT2D eigenvalue weighted by Crippen LogP contribution is -2.27. The molecule has 0 saturated carbocycles. The Hall–Kier alpha value is -1.10. The number of carbonyl (C=O) groups excluding carboxylic acids is 1. The van der Waals surface area contributed by atoms with Gasteiger partial charge in [-0.15, -0.1) is 0 Å². The summed E-state index contributed by atoms with van der Waals surface area (Å²) in [5, 5.41) is 2.41. The number of nitrogens with one attached hydrogen (secondary N) is 2. The molecule has 0 fully saturated rings. The average molecular weight is 259 g/mol. The fraction of sp³-hybridized carbons (Fsp3) is 0.333. The number of rotatable bonds is 2. The second-order valence-corrected chi connectivity index (χ2v) is 3.63. The monoisotopic (exact) mass is 258 g/mol. The van der Waals surface area contributed by atoms with E-state index < -0.39 is 0 Å². The minimum Gasteiger partial charge on any atom is -0.355 e. The van der Waals surface area contributed by atoms with Crippen LogP contribution in [0, 0.1) is 0 Å². The molecule has 5 heteroatoms. The van der Waals surface area contributed by atoms with Crippen molar-refractivity contribution in [3.8, 4) is 0 Å². The molecule has 0 aliphatic heterocycles. The minimum atomic E-state index is -0.380.